The third kappa shape index (κ3) is 2.83. The largest absolute Gasteiger partial charge is 0.370 e. The van der Waals surface area contributed by atoms with E-state index in [9.17, 15) is 9.18 Å². The van der Waals surface area contributed by atoms with Crippen LogP contribution in [0.1, 0.15) is 34.5 Å². The average molecular weight is 351 g/mol. The number of nitrogens with zero attached hydrogens (tertiary/aromatic N) is 1. The van der Waals surface area contributed by atoms with Gasteiger partial charge in [0, 0.05) is 35.2 Å². The highest BCUT2D eigenvalue weighted by Gasteiger charge is 2.20. The molecule has 4 nitrogen and oxygen atoms in total. The van der Waals surface area contributed by atoms with E-state index in [1.807, 2.05) is 32.0 Å². The van der Waals surface area contributed by atoms with E-state index in [1.165, 1.54) is 6.07 Å². The van der Waals surface area contributed by atoms with Gasteiger partial charge in [0.1, 0.15) is 11.5 Å². The van der Waals surface area contributed by atoms with Crippen molar-refractivity contribution >= 4 is 28.2 Å². The van der Waals surface area contributed by atoms with Gasteiger partial charge in [-0.2, -0.15) is 0 Å². The summed E-state index contributed by atoms with van der Waals surface area (Å²) in [6.45, 7) is 5.81. The molecule has 0 atom stereocenters. The van der Waals surface area contributed by atoms with Crippen LogP contribution in [0.15, 0.2) is 36.4 Å². The molecule has 0 aliphatic carbocycles. The summed E-state index contributed by atoms with van der Waals surface area (Å²) in [5.74, 6) is -0.701. The van der Waals surface area contributed by atoms with Crippen LogP contribution in [0, 0.1) is 19.7 Å². The lowest BCUT2D eigenvalue weighted by Crippen LogP contribution is -2.22. The highest BCUT2D eigenvalue weighted by Crippen LogP contribution is 2.32. The first kappa shape index (κ1) is 16.6. The molecule has 2 aromatic carbocycles. The van der Waals surface area contributed by atoms with Crippen molar-refractivity contribution in [2.45, 2.75) is 26.7 Å². The molecule has 1 fully saturated rings. The summed E-state index contributed by atoms with van der Waals surface area (Å²) in [4.78, 5) is 18.2. The van der Waals surface area contributed by atoms with Crippen LogP contribution in [0.5, 0.6) is 0 Å². The van der Waals surface area contributed by atoms with Crippen molar-refractivity contribution in [3.63, 3.8) is 0 Å². The minimum absolute atomic E-state index is 0.265. The first-order valence-electron chi connectivity index (χ1n) is 8.98. The Balaban J connectivity index is 1.67. The molecule has 5 heteroatoms. The Hall–Kier alpha value is -2.82. The second-order valence-electron chi connectivity index (χ2n) is 6.92. The SMILES string of the molecule is Cc1[nH]c2ccc(C(=O)Nc3c(F)cccc3N3CCCC3)cc2c1C. The first-order chi connectivity index (χ1) is 12.5. The number of rotatable bonds is 3. The minimum Gasteiger partial charge on any atom is -0.370 e. The Kier molecular flexibility index (Phi) is 4.15. The maximum Gasteiger partial charge on any atom is 0.255 e. The molecule has 26 heavy (non-hydrogen) atoms. The summed E-state index contributed by atoms with van der Waals surface area (Å²) >= 11 is 0. The van der Waals surface area contributed by atoms with E-state index in [0.29, 0.717) is 5.56 Å². The van der Waals surface area contributed by atoms with E-state index in [2.05, 4.69) is 15.2 Å². The van der Waals surface area contributed by atoms with Crippen molar-refractivity contribution < 1.29 is 9.18 Å². The fourth-order valence-electron chi connectivity index (χ4n) is 3.65. The van der Waals surface area contributed by atoms with Gasteiger partial charge in [0.05, 0.1) is 5.69 Å². The summed E-state index contributed by atoms with van der Waals surface area (Å²) in [5.41, 5.74) is 4.75. The van der Waals surface area contributed by atoms with Gasteiger partial charge in [0.25, 0.3) is 5.91 Å². The number of halogens is 1. The predicted molar refractivity (Wildman–Crippen MR) is 104 cm³/mol. The lowest BCUT2D eigenvalue weighted by Gasteiger charge is -2.22. The number of aromatic nitrogens is 1. The standard InChI is InChI=1S/C21H22FN3O/c1-13-14(2)23-18-9-8-15(12-16(13)18)21(26)24-20-17(22)6-5-7-19(20)25-10-3-4-11-25/h5-9,12,23H,3-4,10-11H2,1-2H3,(H,24,26). The summed E-state index contributed by atoms with van der Waals surface area (Å²) in [6, 6.07) is 10.5. The van der Waals surface area contributed by atoms with Gasteiger partial charge in [-0.1, -0.05) is 6.07 Å². The van der Waals surface area contributed by atoms with E-state index in [-0.39, 0.29) is 11.6 Å². The van der Waals surface area contributed by atoms with Crippen LogP contribution < -0.4 is 10.2 Å². The third-order valence-corrected chi connectivity index (χ3v) is 5.25. The smallest absolute Gasteiger partial charge is 0.255 e. The summed E-state index contributed by atoms with van der Waals surface area (Å²) in [5, 5.41) is 3.81. The lowest BCUT2D eigenvalue weighted by atomic mass is 10.1. The van der Waals surface area contributed by atoms with Gasteiger partial charge in [-0.25, -0.2) is 4.39 Å². The van der Waals surface area contributed by atoms with Crippen LogP contribution in [-0.2, 0) is 0 Å². The zero-order valence-electron chi connectivity index (χ0n) is 15.0. The molecule has 0 radical (unpaired) electrons. The van der Waals surface area contributed by atoms with Crippen LogP contribution in [0.4, 0.5) is 15.8 Å². The number of benzene rings is 2. The van der Waals surface area contributed by atoms with Gasteiger partial charge in [0.2, 0.25) is 0 Å². The number of aryl methyl sites for hydroxylation is 2. The van der Waals surface area contributed by atoms with E-state index in [4.69, 9.17) is 0 Å². The molecule has 134 valence electrons. The second kappa shape index (κ2) is 6.48. The number of aromatic amines is 1. The van der Waals surface area contributed by atoms with Crippen molar-refractivity contribution in [2.24, 2.45) is 0 Å². The molecule has 1 aliphatic rings. The molecule has 0 spiro atoms. The zero-order chi connectivity index (χ0) is 18.3. The maximum atomic E-state index is 14.5. The Labute approximate surface area is 152 Å². The number of carbonyl (C=O) groups excluding carboxylic acids is 1. The number of H-pyrrole nitrogens is 1. The Morgan fingerprint density at radius 1 is 1.15 bits per heavy atom. The molecule has 0 bridgehead atoms. The van der Waals surface area contributed by atoms with Gasteiger partial charge >= 0.3 is 0 Å². The van der Waals surface area contributed by atoms with E-state index in [1.54, 1.807) is 12.1 Å². The van der Waals surface area contributed by atoms with Gasteiger partial charge < -0.3 is 15.2 Å². The van der Waals surface area contributed by atoms with E-state index < -0.39 is 5.82 Å². The Morgan fingerprint density at radius 3 is 2.69 bits per heavy atom. The molecule has 1 amide bonds. The number of amides is 1. The summed E-state index contributed by atoms with van der Waals surface area (Å²) < 4.78 is 14.5. The summed E-state index contributed by atoms with van der Waals surface area (Å²) in [6.07, 6.45) is 2.18. The van der Waals surface area contributed by atoms with Gasteiger partial charge in [0.15, 0.2) is 0 Å². The van der Waals surface area contributed by atoms with Crippen molar-refractivity contribution in [1.29, 1.82) is 0 Å². The molecular formula is C21H22FN3O. The molecule has 2 heterocycles. The van der Waals surface area contributed by atoms with Crippen molar-refractivity contribution in [3.05, 3.63) is 59.0 Å². The molecule has 1 saturated heterocycles. The van der Waals surface area contributed by atoms with Crippen LogP contribution in [0.25, 0.3) is 10.9 Å². The number of carbonyl (C=O) groups is 1. The van der Waals surface area contributed by atoms with Crippen molar-refractivity contribution in [1.82, 2.24) is 4.98 Å². The highest BCUT2D eigenvalue weighted by molar-refractivity contribution is 6.08. The molecule has 3 aromatic rings. The quantitative estimate of drug-likeness (QED) is 0.714. The van der Waals surface area contributed by atoms with E-state index >= 15 is 0 Å². The number of para-hydroxylation sites is 1. The highest BCUT2D eigenvalue weighted by atomic mass is 19.1. The molecule has 1 aromatic heterocycles. The van der Waals surface area contributed by atoms with Gasteiger partial charge in [-0.15, -0.1) is 0 Å². The lowest BCUT2D eigenvalue weighted by molar-refractivity contribution is 0.102. The fourth-order valence-corrected chi connectivity index (χ4v) is 3.65. The number of hydrogen-bond donors (Lipinski definition) is 2. The second-order valence-corrected chi connectivity index (χ2v) is 6.92. The number of anilines is 2. The normalized spacial score (nSPS) is 14.2. The number of nitrogens with one attached hydrogen (secondary N) is 2. The number of fused-ring (bicyclic) bond motifs is 1. The monoisotopic (exact) mass is 351 g/mol. The van der Waals surface area contributed by atoms with E-state index in [0.717, 1.165) is 53.8 Å². The fraction of sp³-hybridized carbons (Fsp3) is 0.286. The molecular weight excluding hydrogens is 329 g/mol. The van der Waals surface area contributed by atoms with Crippen LogP contribution in [-0.4, -0.2) is 24.0 Å². The zero-order valence-corrected chi connectivity index (χ0v) is 15.0. The third-order valence-electron chi connectivity index (χ3n) is 5.25. The molecule has 4 rings (SSSR count). The minimum atomic E-state index is -0.405. The average Bonchev–Trinajstić information content (AvgIpc) is 3.26. The Morgan fingerprint density at radius 2 is 1.92 bits per heavy atom. The first-order valence-corrected chi connectivity index (χ1v) is 8.98. The van der Waals surface area contributed by atoms with Crippen molar-refractivity contribution in [3.8, 4) is 0 Å². The maximum absolute atomic E-state index is 14.5. The molecule has 1 aliphatic heterocycles. The summed E-state index contributed by atoms with van der Waals surface area (Å²) in [7, 11) is 0. The molecule has 2 N–H and O–H groups in total. The van der Waals surface area contributed by atoms with Crippen molar-refractivity contribution in [2.75, 3.05) is 23.3 Å². The topological polar surface area (TPSA) is 48.1 Å². The van der Waals surface area contributed by atoms with Gasteiger partial charge in [-0.05, 0) is 62.6 Å². The van der Waals surface area contributed by atoms with Crippen LogP contribution in [0.3, 0.4) is 0 Å². The van der Waals surface area contributed by atoms with Crippen LogP contribution >= 0.6 is 0 Å². The van der Waals surface area contributed by atoms with Crippen LogP contribution in [0.2, 0.25) is 0 Å². The number of hydrogen-bond acceptors (Lipinski definition) is 2. The molecule has 0 saturated carbocycles. The Bertz CT molecular complexity index is 986. The predicted octanol–water partition coefficient (Wildman–Crippen LogP) is 4.78. The van der Waals surface area contributed by atoms with Gasteiger partial charge in [-0.3, -0.25) is 4.79 Å². The molecule has 0 unspecified atom stereocenters.